The predicted molar refractivity (Wildman–Crippen MR) is 153 cm³/mol. The molecule has 0 saturated heterocycles. The van der Waals surface area contributed by atoms with Gasteiger partial charge in [0.2, 0.25) is 0 Å². The Morgan fingerprint density at radius 3 is 0.824 bits per heavy atom. The molecule has 0 heterocycles. The predicted octanol–water partition coefficient (Wildman–Crippen LogP) is 10.6. The van der Waals surface area contributed by atoms with Crippen LogP contribution in [0.3, 0.4) is 0 Å². The second kappa shape index (κ2) is 30.3. The van der Waals surface area contributed by atoms with E-state index >= 15 is 0 Å². The molecule has 34 heavy (non-hydrogen) atoms. The maximum Gasteiger partial charge on any atom is 0.312 e. The number of nitrogens with one attached hydrogen (secondary N) is 1. The summed E-state index contributed by atoms with van der Waals surface area (Å²) in [5.41, 5.74) is 5.05. The molecule has 0 bridgehead atoms. The Labute approximate surface area is 215 Å². The van der Waals surface area contributed by atoms with E-state index in [1.807, 2.05) is 0 Å². The molecule has 0 radical (unpaired) electrons. The van der Waals surface area contributed by atoms with Gasteiger partial charge in [0, 0.05) is 6.54 Å². The van der Waals surface area contributed by atoms with Gasteiger partial charge in [-0.15, -0.1) is 0 Å². The quantitative estimate of drug-likeness (QED) is 0.103. The lowest BCUT2D eigenvalue weighted by atomic mass is 10.0. The highest BCUT2D eigenvalue weighted by Gasteiger charge is 1.97. The highest BCUT2D eigenvalue weighted by Crippen LogP contribution is 2.16. The minimum atomic E-state index is -0.398. The molecule has 204 valence electrons. The smallest absolute Gasteiger partial charge is 0.312 e. The molecule has 3 nitrogen and oxygen atoms in total. The van der Waals surface area contributed by atoms with Crippen LogP contribution in [-0.2, 0) is 0 Å². The first kappa shape index (κ1) is 33.3. The molecule has 0 unspecified atom stereocenters. The lowest BCUT2D eigenvalue weighted by Gasteiger charge is -2.05. The van der Waals surface area contributed by atoms with Crippen LogP contribution in [0.4, 0.5) is 4.79 Å². The second-order valence-corrected chi connectivity index (χ2v) is 10.8. The molecule has 0 spiro atoms. The van der Waals surface area contributed by atoms with Crippen molar-refractivity contribution in [2.24, 2.45) is 5.73 Å². The van der Waals surface area contributed by atoms with Crippen LogP contribution >= 0.6 is 0 Å². The highest BCUT2D eigenvalue weighted by atomic mass is 16.2. The van der Waals surface area contributed by atoms with E-state index in [4.69, 9.17) is 5.73 Å². The zero-order valence-corrected chi connectivity index (χ0v) is 23.5. The Bertz CT molecular complexity index is 386. The fourth-order valence-electron chi connectivity index (χ4n) is 5.01. The Morgan fingerprint density at radius 2 is 0.618 bits per heavy atom. The number of primary amides is 1. The molecule has 0 fully saturated rings. The van der Waals surface area contributed by atoms with Gasteiger partial charge in [0.25, 0.3) is 0 Å². The molecule has 0 aromatic carbocycles. The van der Waals surface area contributed by atoms with Crippen molar-refractivity contribution in [2.75, 3.05) is 6.54 Å². The van der Waals surface area contributed by atoms with Gasteiger partial charge in [0.1, 0.15) is 0 Å². The van der Waals surface area contributed by atoms with Crippen molar-refractivity contribution in [1.82, 2.24) is 5.32 Å². The number of carbonyl (C=O) groups excluding carboxylic acids is 1. The molecule has 2 amide bonds. The molecule has 3 heteroatoms. The first-order valence-electron chi connectivity index (χ1n) is 15.8. The van der Waals surface area contributed by atoms with Crippen LogP contribution in [-0.4, -0.2) is 12.6 Å². The molecule has 0 atom stereocenters. The van der Waals surface area contributed by atoms with Crippen LogP contribution in [0.5, 0.6) is 0 Å². The molecule has 0 saturated carbocycles. The maximum absolute atomic E-state index is 10.6. The summed E-state index contributed by atoms with van der Waals surface area (Å²) in [6.07, 6.45) is 39.8. The fraction of sp³-hybridized carbons (Fsp3) is 0.968. The SMILES string of the molecule is CCCCCCCCCCCCCCCCCCCCCCCCCCCCCCNC(N)=O. The fourth-order valence-corrected chi connectivity index (χ4v) is 5.01. The zero-order valence-electron chi connectivity index (χ0n) is 23.5. The third-order valence-corrected chi connectivity index (χ3v) is 7.33. The molecular formula is C31H64N2O. The third-order valence-electron chi connectivity index (χ3n) is 7.33. The van der Waals surface area contributed by atoms with Crippen LogP contribution in [0.1, 0.15) is 187 Å². The number of urea groups is 1. The Hall–Kier alpha value is -0.730. The minimum absolute atomic E-state index is 0.398. The summed E-state index contributed by atoms with van der Waals surface area (Å²) in [5.74, 6) is 0. The van der Waals surface area contributed by atoms with Crippen molar-refractivity contribution < 1.29 is 4.79 Å². The van der Waals surface area contributed by atoms with E-state index in [-0.39, 0.29) is 0 Å². The topological polar surface area (TPSA) is 55.1 Å². The molecular weight excluding hydrogens is 416 g/mol. The van der Waals surface area contributed by atoms with Crippen molar-refractivity contribution >= 4 is 6.03 Å². The van der Waals surface area contributed by atoms with E-state index in [0.717, 1.165) is 13.0 Å². The largest absolute Gasteiger partial charge is 0.352 e. The van der Waals surface area contributed by atoms with Gasteiger partial charge in [-0.1, -0.05) is 180 Å². The van der Waals surface area contributed by atoms with E-state index in [9.17, 15) is 4.79 Å². The van der Waals surface area contributed by atoms with Gasteiger partial charge in [-0.3, -0.25) is 0 Å². The van der Waals surface area contributed by atoms with Gasteiger partial charge < -0.3 is 11.1 Å². The third kappa shape index (κ3) is 31.3. The molecule has 0 aromatic heterocycles. The lowest BCUT2D eigenvalue weighted by molar-refractivity contribution is 0.248. The van der Waals surface area contributed by atoms with Gasteiger partial charge in [0.15, 0.2) is 0 Å². The zero-order chi connectivity index (χ0) is 24.8. The summed E-state index contributed by atoms with van der Waals surface area (Å²) in [4.78, 5) is 10.6. The Morgan fingerprint density at radius 1 is 0.412 bits per heavy atom. The van der Waals surface area contributed by atoms with Crippen molar-refractivity contribution in [3.63, 3.8) is 0 Å². The van der Waals surface area contributed by atoms with Crippen molar-refractivity contribution in [1.29, 1.82) is 0 Å². The monoisotopic (exact) mass is 481 g/mol. The molecule has 0 rings (SSSR count). The summed E-state index contributed by atoms with van der Waals surface area (Å²) in [6, 6.07) is -0.398. The molecule has 0 aliphatic heterocycles. The number of carbonyl (C=O) groups is 1. The average Bonchev–Trinajstić information content (AvgIpc) is 2.83. The lowest BCUT2D eigenvalue weighted by Crippen LogP contribution is -2.29. The standard InChI is InChI=1S/C31H64N2O/c1-2-3-4-5-6-7-8-9-10-11-12-13-14-15-16-17-18-19-20-21-22-23-24-25-26-27-28-29-30-33-31(32)34/h2-30H2,1H3,(H3,32,33,34). The van der Waals surface area contributed by atoms with Crippen LogP contribution in [0.25, 0.3) is 0 Å². The number of unbranched alkanes of at least 4 members (excludes halogenated alkanes) is 27. The number of amides is 2. The van der Waals surface area contributed by atoms with Crippen LogP contribution in [0, 0.1) is 0 Å². The molecule has 0 aliphatic carbocycles. The summed E-state index contributed by atoms with van der Waals surface area (Å²) in [7, 11) is 0. The average molecular weight is 481 g/mol. The van der Waals surface area contributed by atoms with Gasteiger partial charge in [0.05, 0.1) is 0 Å². The Kier molecular flexibility index (Phi) is 29.7. The van der Waals surface area contributed by atoms with Gasteiger partial charge >= 0.3 is 6.03 Å². The Balaban J connectivity index is 3.01. The van der Waals surface area contributed by atoms with Gasteiger partial charge in [-0.05, 0) is 6.42 Å². The van der Waals surface area contributed by atoms with E-state index in [2.05, 4.69) is 12.2 Å². The van der Waals surface area contributed by atoms with E-state index in [1.54, 1.807) is 0 Å². The summed E-state index contributed by atoms with van der Waals surface area (Å²) in [6.45, 7) is 3.03. The summed E-state index contributed by atoms with van der Waals surface area (Å²) >= 11 is 0. The van der Waals surface area contributed by atoms with E-state index < -0.39 is 6.03 Å². The first-order chi connectivity index (χ1) is 16.8. The first-order valence-corrected chi connectivity index (χ1v) is 15.8. The number of hydrogen-bond acceptors (Lipinski definition) is 1. The molecule has 0 aliphatic rings. The summed E-state index contributed by atoms with van der Waals surface area (Å²) < 4.78 is 0. The van der Waals surface area contributed by atoms with E-state index in [0.29, 0.717) is 0 Å². The normalized spacial score (nSPS) is 11.2. The number of nitrogens with two attached hydrogens (primary N) is 1. The summed E-state index contributed by atoms with van der Waals surface area (Å²) in [5, 5.41) is 2.65. The van der Waals surface area contributed by atoms with Crippen LogP contribution < -0.4 is 11.1 Å². The van der Waals surface area contributed by atoms with E-state index in [1.165, 1.54) is 173 Å². The highest BCUT2D eigenvalue weighted by molar-refractivity contribution is 5.71. The van der Waals surface area contributed by atoms with Crippen LogP contribution in [0.15, 0.2) is 0 Å². The second-order valence-electron chi connectivity index (χ2n) is 10.8. The van der Waals surface area contributed by atoms with Crippen molar-refractivity contribution in [3.8, 4) is 0 Å². The minimum Gasteiger partial charge on any atom is -0.352 e. The molecule has 3 N–H and O–H groups in total. The number of rotatable bonds is 29. The van der Waals surface area contributed by atoms with Crippen molar-refractivity contribution in [2.45, 2.75) is 187 Å². The van der Waals surface area contributed by atoms with Gasteiger partial charge in [-0.2, -0.15) is 0 Å². The van der Waals surface area contributed by atoms with Gasteiger partial charge in [-0.25, -0.2) is 4.79 Å². The maximum atomic E-state index is 10.6. The molecule has 0 aromatic rings. The van der Waals surface area contributed by atoms with Crippen LogP contribution in [0.2, 0.25) is 0 Å². The number of hydrogen-bond donors (Lipinski definition) is 2. The van der Waals surface area contributed by atoms with Crippen molar-refractivity contribution in [3.05, 3.63) is 0 Å².